The number of esters is 1. The highest BCUT2D eigenvalue weighted by Crippen LogP contribution is 2.47. The fraction of sp³-hybridized carbons (Fsp3) is 0.120. The lowest BCUT2D eigenvalue weighted by Crippen LogP contribution is -2.22. The number of hydrogen-bond acceptors (Lipinski definition) is 8. The molecule has 3 heterocycles. The number of fused-ring (bicyclic) bond motifs is 4. The van der Waals surface area contributed by atoms with Gasteiger partial charge in [-0.2, -0.15) is 0 Å². The molecule has 6 rings (SSSR count). The van der Waals surface area contributed by atoms with Gasteiger partial charge in [0.1, 0.15) is 34.5 Å². The van der Waals surface area contributed by atoms with Crippen molar-refractivity contribution in [3.8, 4) is 39.9 Å². The van der Waals surface area contributed by atoms with E-state index in [-0.39, 0.29) is 47.0 Å². The molecular formula is C25H16O8. The van der Waals surface area contributed by atoms with E-state index >= 15 is 0 Å². The molecule has 3 aromatic carbocycles. The second kappa shape index (κ2) is 7.03. The fourth-order valence-electron chi connectivity index (χ4n) is 4.39. The number of phenols is 2. The molecule has 0 aliphatic carbocycles. The van der Waals surface area contributed by atoms with Crippen molar-refractivity contribution in [1.29, 1.82) is 0 Å². The lowest BCUT2D eigenvalue weighted by Gasteiger charge is -2.26. The Hall–Kier alpha value is -4.46. The number of phenolic OH excluding ortho intramolecular Hbond substituents is 2. The lowest BCUT2D eigenvalue weighted by atomic mass is 9.84. The van der Waals surface area contributed by atoms with Crippen LogP contribution in [0.1, 0.15) is 23.5 Å². The minimum absolute atomic E-state index is 0.0111. The van der Waals surface area contributed by atoms with E-state index in [0.717, 1.165) is 5.56 Å². The monoisotopic (exact) mass is 444 g/mol. The molecule has 164 valence electrons. The van der Waals surface area contributed by atoms with Gasteiger partial charge in [-0.15, -0.1) is 0 Å². The third-order valence-corrected chi connectivity index (χ3v) is 5.95. The predicted molar refractivity (Wildman–Crippen MR) is 116 cm³/mol. The summed E-state index contributed by atoms with van der Waals surface area (Å²) in [5.41, 5.74) is 1.71. The van der Waals surface area contributed by atoms with Crippen LogP contribution in [0.4, 0.5) is 0 Å². The molecule has 0 bridgehead atoms. The molecule has 1 aromatic heterocycles. The minimum atomic E-state index is -0.485. The van der Waals surface area contributed by atoms with Crippen LogP contribution in [0.15, 0.2) is 64.0 Å². The van der Waals surface area contributed by atoms with Gasteiger partial charge in [0.2, 0.25) is 12.2 Å². The van der Waals surface area contributed by atoms with Crippen LogP contribution in [0, 0.1) is 0 Å². The zero-order valence-corrected chi connectivity index (χ0v) is 17.0. The van der Waals surface area contributed by atoms with Crippen molar-refractivity contribution in [2.75, 3.05) is 6.79 Å². The van der Waals surface area contributed by atoms with E-state index in [1.807, 2.05) is 6.07 Å². The Labute approximate surface area is 186 Å². The molecule has 1 atom stereocenters. The summed E-state index contributed by atoms with van der Waals surface area (Å²) in [6, 6.07) is 12.7. The summed E-state index contributed by atoms with van der Waals surface area (Å²) in [6.07, 6.45) is 1.33. The predicted octanol–water partition coefficient (Wildman–Crippen LogP) is 4.04. The van der Waals surface area contributed by atoms with Crippen LogP contribution in [-0.4, -0.2) is 23.0 Å². The maximum absolute atomic E-state index is 13.4. The molecule has 0 radical (unpaired) electrons. The number of carbonyl (C=O) groups is 1. The second-order valence-corrected chi connectivity index (χ2v) is 7.88. The molecule has 0 saturated carbocycles. The number of benzene rings is 3. The van der Waals surface area contributed by atoms with E-state index in [2.05, 4.69) is 0 Å². The maximum Gasteiger partial charge on any atom is 0.312 e. The van der Waals surface area contributed by atoms with Crippen LogP contribution in [0.5, 0.6) is 28.7 Å². The van der Waals surface area contributed by atoms with Crippen LogP contribution in [0.2, 0.25) is 0 Å². The van der Waals surface area contributed by atoms with Crippen molar-refractivity contribution in [1.82, 2.24) is 0 Å². The van der Waals surface area contributed by atoms with Crippen LogP contribution < -0.4 is 19.6 Å². The average Bonchev–Trinajstić information content (AvgIpc) is 3.27. The SMILES string of the molecule is O=C1C[C@H](c2ccc3c(c2)OCO3)c2c(cc(O)c3c(=O)c(-c4ccc(O)cc4)coc23)O1. The summed E-state index contributed by atoms with van der Waals surface area (Å²) < 4.78 is 22.1. The van der Waals surface area contributed by atoms with Crippen LogP contribution in [0.3, 0.4) is 0 Å². The number of carbonyl (C=O) groups excluding carboxylic acids is 1. The number of rotatable bonds is 2. The Bertz CT molecular complexity index is 1500. The molecule has 0 fully saturated rings. The molecule has 33 heavy (non-hydrogen) atoms. The second-order valence-electron chi connectivity index (χ2n) is 7.88. The van der Waals surface area contributed by atoms with E-state index in [1.54, 1.807) is 24.3 Å². The summed E-state index contributed by atoms with van der Waals surface area (Å²) in [4.78, 5) is 25.7. The molecule has 0 unspecified atom stereocenters. The topological polar surface area (TPSA) is 115 Å². The van der Waals surface area contributed by atoms with Crippen molar-refractivity contribution in [3.05, 3.63) is 76.1 Å². The molecule has 2 aliphatic heterocycles. The van der Waals surface area contributed by atoms with Crippen molar-refractivity contribution in [2.24, 2.45) is 0 Å². The Kier molecular flexibility index (Phi) is 4.10. The average molecular weight is 444 g/mol. The van der Waals surface area contributed by atoms with Crippen molar-refractivity contribution in [3.63, 3.8) is 0 Å². The van der Waals surface area contributed by atoms with Gasteiger partial charge in [0.05, 0.1) is 12.0 Å². The highest BCUT2D eigenvalue weighted by molar-refractivity contribution is 5.94. The molecule has 2 N–H and O–H groups in total. The number of aromatic hydroxyl groups is 2. The van der Waals surface area contributed by atoms with Gasteiger partial charge in [0.25, 0.3) is 0 Å². The van der Waals surface area contributed by atoms with Gasteiger partial charge in [0, 0.05) is 17.5 Å². The van der Waals surface area contributed by atoms with Gasteiger partial charge in [-0.3, -0.25) is 9.59 Å². The zero-order chi connectivity index (χ0) is 22.7. The van der Waals surface area contributed by atoms with Gasteiger partial charge < -0.3 is 28.8 Å². The highest BCUT2D eigenvalue weighted by Gasteiger charge is 2.34. The maximum atomic E-state index is 13.4. The molecular weight excluding hydrogens is 428 g/mol. The largest absolute Gasteiger partial charge is 0.508 e. The van der Waals surface area contributed by atoms with Crippen LogP contribution in [0.25, 0.3) is 22.1 Å². The first-order valence-corrected chi connectivity index (χ1v) is 10.2. The molecule has 2 aliphatic rings. The van der Waals surface area contributed by atoms with E-state index in [9.17, 15) is 19.8 Å². The minimum Gasteiger partial charge on any atom is -0.508 e. The Morgan fingerprint density at radius 3 is 2.48 bits per heavy atom. The molecule has 4 aromatic rings. The summed E-state index contributed by atoms with van der Waals surface area (Å²) >= 11 is 0. The summed E-state index contributed by atoms with van der Waals surface area (Å²) in [5, 5.41) is 20.2. The van der Waals surface area contributed by atoms with Crippen molar-refractivity contribution < 1.29 is 33.6 Å². The van der Waals surface area contributed by atoms with Crippen LogP contribution in [-0.2, 0) is 4.79 Å². The Morgan fingerprint density at radius 2 is 1.67 bits per heavy atom. The first-order chi connectivity index (χ1) is 16.0. The molecule has 0 saturated heterocycles. The fourth-order valence-corrected chi connectivity index (χ4v) is 4.39. The van der Waals surface area contributed by atoms with Gasteiger partial charge in [-0.05, 0) is 35.4 Å². The number of ether oxygens (including phenoxy) is 3. The third kappa shape index (κ3) is 2.99. The van der Waals surface area contributed by atoms with E-state index in [1.165, 1.54) is 24.5 Å². The molecule has 0 amide bonds. The van der Waals surface area contributed by atoms with E-state index in [4.69, 9.17) is 18.6 Å². The quantitative estimate of drug-likeness (QED) is 0.352. The summed E-state index contributed by atoms with van der Waals surface area (Å²) in [7, 11) is 0. The van der Waals surface area contributed by atoms with Gasteiger partial charge in [-0.25, -0.2) is 0 Å². The van der Waals surface area contributed by atoms with E-state index < -0.39 is 17.3 Å². The standard InChI is InChI=1S/C25H16O8/c26-14-4-1-12(2-5-14)16-10-30-25-22-15(13-3-6-18-19(7-13)32-11-31-18)8-21(28)33-20(22)9-17(27)23(25)24(16)29/h1-7,9-10,15,26-27H,8,11H2/t15-/m1/s1. The molecule has 0 spiro atoms. The van der Waals surface area contributed by atoms with Crippen molar-refractivity contribution in [2.45, 2.75) is 12.3 Å². The van der Waals surface area contributed by atoms with Crippen LogP contribution >= 0.6 is 0 Å². The van der Waals surface area contributed by atoms with Gasteiger partial charge in [0.15, 0.2) is 11.5 Å². The normalized spacial score (nSPS) is 16.5. The first-order valence-electron chi connectivity index (χ1n) is 10.2. The van der Waals surface area contributed by atoms with Crippen molar-refractivity contribution >= 4 is 16.9 Å². The highest BCUT2D eigenvalue weighted by atomic mass is 16.7. The molecule has 8 heteroatoms. The summed E-state index contributed by atoms with van der Waals surface area (Å²) in [5.74, 6) is 0.0737. The van der Waals surface area contributed by atoms with Gasteiger partial charge >= 0.3 is 5.97 Å². The summed E-state index contributed by atoms with van der Waals surface area (Å²) in [6.45, 7) is 0.119. The Balaban J connectivity index is 1.58. The smallest absolute Gasteiger partial charge is 0.312 e. The zero-order valence-electron chi connectivity index (χ0n) is 17.0. The van der Waals surface area contributed by atoms with E-state index in [0.29, 0.717) is 22.6 Å². The van der Waals surface area contributed by atoms with Gasteiger partial charge in [-0.1, -0.05) is 18.2 Å². The third-order valence-electron chi connectivity index (χ3n) is 5.95. The lowest BCUT2D eigenvalue weighted by molar-refractivity contribution is -0.135. The Morgan fingerprint density at radius 1 is 0.879 bits per heavy atom. The first kappa shape index (κ1) is 19.2. The molecule has 8 nitrogen and oxygen atoms in total. The number of hydrogen-bond donors (Lipinski definition) is 2.